The number of aliphatic carboxylic acids is 4. The lowest BCUT2D eigenvalue weighted by Crippen LogP contribution is -2.44. The van der Waals surface area contributed by atoms with Crippen LogP contribution in [0.2, 0.25) is 0 Å². The second-order valence-electron chi connectivity index (χ2n) is 9.20. The summed E-state index contributed by atoms with van der Waals surface area (Å²) in [5, 5.41) is 45.3. The van der Waals surface area contributed by atoms with Crippen molar-refractivity contribution in [1.82, 2.24) is 21.0 Å². The summed E-state index contributed by atoms with van der Waals surface area (Å²) < 4.78 is 16.8. The van der Waals surface area contributed by atoms with Crippen LogP contribution in [0.25, 0.3) is 0 Å². The average molecular weight is 627 g/mol. The smallest absolute Gasteiger partial charge is 0.403 e. The van der Waals surface area contributed by atoms with Gasteiger partial charge in [-0.15, -0.1) is 0 Å². The van der Waals surface area contributed by atoms with Gasteiger partial charge in [-0.25, -0.2) is 19.2 Å². The van der Waals surface area contributed by atoms with Gasteiger partial charge in [0.05, 0.1) is 6.61 Å². The first-order valence-electron chi connectivity index (χ1n) is 13.0. The quantitative estimate of drug-likeness (QED) is 0.0478. The van der Waals surface area contributed by atoms with E-state index >= 15 is 0 Å². The molecule has 0 aliphatic carbocycles. The van der Waals surface area contributed by atoms with E-state index in [2.05, 4.69) is 16.0 Å². The molecule has 0 spiro atoms. The predicted molar refractivity (Wildman–Crippen MR) is 142 cm³/mol. The van der Waals surface area contributed by atoms with Gasteiger partial charge in [-0.1, -0.05) is 6.42 Å². The number of unbranched alkanes of at least 4 members (excludes halogenated alkanes) is 2. The summed E-state index contributed by atoms with van der Waals surface area (Å²) in [4.78, 5) is 89.6. The minimum atomic E-state index is -4.70. The molecule has 9 N–H and O–H groups in total. The summed E-state index contributed by atoms with van der Waals surface area (Å²) in [7, 11) is -4.70. The molecule has 0 bridgehead atoms. The molecule has 0 aromatic rings. The fraction of sp³-hybridized carbons (Fsp3) is 0.696. The SMILES string of the molecule is CC(=O)NCCCCCC(=O)N[C@@H](CCC(=O)N[C@@H](CCCOP(=O)(O)NC(CCC(=O)O)C(=O)O)C(=O)O)C(=O)O. The number of amides is 3. The van der Waals surface area contributed by atoms with Crippen LogP contribution < -0.4 is 21.0 Å². The van der Waals surface area contributed by atoms with E-state index in [1.165, 1.54) is 6.92 Å². The number of carbonyl (C=O) groups is 7. The third-order valence-electron chi connectivity index (χ3n) is 5.55. The fourth-order valence-electron chi connectivity index (χ4n) is 3.40. The maximum atomic E-state index is 12.2. The van der Waals surface area contributed by atoms with Crippen LogP contribution in [0.1, 0.15) is 71.1 Å². The molecule has 0 aromatic carbocycles. The average Bonchev–Trinajstić information content (AvgIpc) is 2.87. The Labute approximate surface area is 241 Å². The normalized spacial score (nSPS) is 14.4. The number of carboxylic acid groups (broad SMARTS) is 4. The molecule has 0 fully saturated rings. The van der Waals surface area contributed by atoms with E-state index in [1.54, 1.807) is 0 Å². The molecule has 18 nitrogen and oxygen atoms in total. The Balaban J connectivity index is 4.61. The Morgan fingerprint density at radius 2 is 1.21 bits per heavy atom. The van der Waals surface area contributed by atoms with Crippen LogP contribution >= 0.6 is 7.75 Å². The van der Waals surface area contributed by atoms with Gasteiger partial charge in [-0.05, 0) is 38.5 Å². The number of carboxylic acids is 4. The third-order valence-corrected chi connectivity index (χ3v) is 6.72. The van der Waals surface area contributed by atoms with E-state index in [1.807, 2.05) is 5.09 Å². The summed E-state index contributed by atoms with van der Waals surface area (Å²) in [5.41, 5.74) is 0. The molecule has 0 saturated carbocycles. The third kappa shape index (κ3) is 19.5. The summed E-state index contributed by atoms with van der Waals surface area (Å²) in [6, 6.07) is -4.55. The molecule has 2 unspecified atom stereocenters. The fourth-order valence-corrected chi connectivity index (χ4v) is 4.48. The van der Waals surface area contributed by atoms with Gasteiger partial charge in [0, 0.05) is 32.7 Å². The van der Waals surface area contributed by atoms with Gasteiger partial charge in [0.15, 0.2) is 0 Å². The largest absolute Gasteiger partial charge is 0.481 e. The minimum absolute atomic E-state index is 0.0365. The highest BCUT2D eigenvalue weighted by atomic mass is 31.2. The van der Waals surface area contributed by atoms with Crippen molar-refractivity contribution in [3.05, 3.63) is 0 Å². The zero-order chi connectivity index (χ0) is 32.3. The van der Waals surface area contributed by atoms with E-state index in [4.69, 9.17) is 14.7 Å². The Morgan fingerprint density at radius 1 is 0.690 bits per heavy atom. The highest BCUT2D eigenvalue weighted by Gasteiger charge is 2.30. The molecule has 0 aromatic heterocycles. The van der Waals surface area contributed by atoms with Crippen molar-refractivity contribution in [3.63, 3.8) is 0 Å². The van der Waals surface area contributed by atoms with Crippen LogP contribution in [0, 0.1) is 0 Å². The molecule has 240 valence electrons. The van der Waals surface area contributed by atoms with Crippen molar-refractivity contribution < 1.29 is 68.0 Å². The van der Waals surface area contributed by atoms with Crippen LogP contribution in [0.5, 0.6) is 0 Å². The Morgan fingerprint density at radius 3 is 1.74 bits per heavy atom. The molecule has 0 aliphatic rings. The second kappa shape index (κ2) is 20.3. The highest BCUT2D eigenvalue weighted by molar-refractivity contribution is 7.50. The Kier molecular flexibility index (Phi) is 18.6. The summed E-state index contributed by atoms with van der Waals surface area (Å²) in [6.45, 7) is 1.31. The molecule has 0 aliphatic heterocycles. The zero-order valence-corrected chi connectivity index (χ0v) is 24.0. The van der Waals surface area contributed by atoms with Crippen molar-refractivity contribution in [2.24, 2.45) is 0 Å². The van der Waals surface area contributed by atoms with E-state index in [0.717, 1.165) is 0 Å². The molecule has 0 saturated heterocycles. The number of nitrogens with one attached hydrogen (secondary N) is 4. The number of rotatable bonds is 24. The molecule has 4 atom stereocenters. The van der Waals surface area contributed by atoms with Gasteiger partial charge in [0.2, 0.25) is 17.7 Å². The Hall–Kier alpha value is -3.60. The first-order valence-corrected chi connectivity index (χ1v) is 14.6. The van der Waals surface area contributed by atoms with Gasteiger partial charge in [-0.2, -0.15) is 0 Å². The topological polar surface area (TPSA) is 295 Å². The predicted octanol–water partition coefficient (Wildman–Crippen LogP) is -0.593. The number of hydrogen-bond donors (Lipinski definition) is 9. The minimum Gasteiger partial charge on any atom is -0.481 e. The zero-order valence-electron chi connectivity index (χ0n) is 23.1. The molecular weight excluding hydrogens is 587 g/mol. The Bertz CT molecular complexity index is 1010. The second-order valence-corrected chi connectivity index (χ2v) is 10.8. The van der Waals surface area contributed by atoms with E-state index in [-0.39, 0.29) is 31.6 Å². The van der Waals surface area contributed by atoms with E-state index in [0.29, 0.717) is 25.8 Å². The maximum Gasteiger partial charge on any atom is 0.403 e. The van der Waals surface area contributed by atoms with Gasteiger partial charge >= 0.3 is 31.6 Å². The van der Waals surface area contributed by atoms with Crippen LogP contribution in [-0.2, 0) is 42.7 Å². The van der Waals surface area contributed by atoms with Crippen LogP contribution in [0.15, 0.2) is 0 Å². The lowest BCUT2D eigenvalue weighted by molar-refractivity contribution is -0.143. The molecular formula is C23H39N4O14P. The van der Waals surface area contributed by atoms with Crippen molar-refractivity contribution in [1.29, 1.82) is 0 Å². The van der Waals surface area contributed by atoms with Crippen molar-refractivity contribution >= 4 is 49.3 Å². The molecule has 42 heavy (non-hydrogen) atoms. The maximum absolute atomic E-state index is 12.2. The van der Waals surface area contributed by atoms with E-state index in [9.17, 15) is 53.2 Å². The molecule has 0 rings (SSSR count). The summed E-state index contributed by atoms with van der Waals surface area (Å²) in [5.74, 6) is -7.26. The monoisotopic (exact) mass is 626 g/mol. The van der Waals surface area contributed by atoms with Gasteiger partial charge in [-0.3, -0.25) is 28.5 Å². The number of hydrogen-bond acceptors (Lipinski definition) is 9. The van der Waals surface area contributed by atoms with Crippen molar-refractivity contribution in [2.45, 2.75) is 89.3 Å². The summed E-state index contributed by atoms with van der Waals surface area (Å²) in [6.07, 6.45) is -0.541. The summed E-state index contributed by atoms with van der Waals surface area (Å²) >= 11 is 0. The van der Waals surface area contributed by atoms with Crippen LogP contribution in [0.3, 0.4) is 0 Å². The molecule has 0 radical (unpaired) electrons. The molecule has 19 heteroatoms. The first kappa shape index (κ1) is 38.4. The van der Waals surface area contributed by atoms with Gasteiger partial charge < -0.3 is 41.3 Å². The van der Waals surface area contributed by atoms with E-state index < -0.39 is 87.4 Å². The molecule has 3 amide bonds. The lowest BCUT2D eigenvalue weighted by Gasteiger charge is -2.19. The van der Waals surface area contributed by atoms with Crippen molar-refractivity contribution in [3.8, 4) is 0 Å². The molecule has 0 heterocycles. The van der Waals surface area contributed by atoms with Gasteiger partial charge in [0.1, 0.15) is 18.1 Å². The first-order chi connectivity index (χ1) is 19.5. The lowest BCUT2D eigenvalue weighted by atomic mass is 10.1. The standard InChI is InChI=1S/C23H39N4O14P/c1-14(28)24-12-4-2-3-7-18(29)26-16(22(35)36)8-10-19(30)25-15(21(33)34)6-5-13-41-42(39,40)27-17(23(37)38)9-11-20(31)32/h15-17H,2-13H2,1H3,(H,24,28)(H,25,30)(H,26,29)(H,31,32)(H,33,34)(H,35,36)(H,37,38)(H2,27,39,40)/t15-,16-,17?/m0/s1. The van der Waals surface area contributed by atoms with Crippen LogP contribution in [-0.4, -0.2) is 98.2 Å². The van der Waals surface area contributed by atoms with Crippen molar-refractivity contribution in [2.75, 3.05) is 13.2 Å². The van der Waals surface area contributed by atoms with Gasteiger partial charge in [0.25, 0.3) is 0 Å². The van der Waals surface area contributed by atoms with Crippen LogP contribution in [0.4, 0.5) is 0 Å². The number of carbonyl (C=O) groups excluding carboxylic acids is 3. The highest BCUT2D eigenvalue weighted by Crippen LogP contribution is 2.38.